The number of ether oxygens (including phenoxy) is 1. The van der Waals surface area contributed by atoms with E-state index < -0.39 is 0 Å². The molecule has 0 saturated carbocycles. The molecule has 3 rings (SSSR count). The molecule has 2 amide bonds. The highest BCUT2D eigenvalue weighted by atomic mass is 16.5. The van der Waals surface area contributed by atoms with Crippen LogP contribution in [0.15, 0.2) is 36.4 Å². The highest BCUT2D eigenvalue weighted by molar-refractivity contribution is 6.05. The van der Waals surface area contributed by atoms with E-state index in [1.807, 2.05) is 57.2 Å². The SMILES string of the molecule is Cc1ccc(NC(=O)CN2C(=O)COc3ccc(C)cc32)c(C)c1. The summed E-state index contributed by atoms with van der Waals surface area (Å²) >= 11 is 0. The molecule has 0 saturated heterocycles. The number of carbonyl (C=O) groups excluding carboxylic acids is 2. The maximum Gasteiger partial charge on any atom is 0.265 e. The van der Waals surface area contributed by atoms with E-state index in [4.69, 9.17) is 4.74 Å². The molecule has 1 N–H and O–H groups in total. The Balaban J connectivity index is 1.79. The van der Waals surface area contributed by atoms with Gasteiger partial charge in [-0.3, -0.25) is 14.5 Å². The molecule has 0 aliphatic carbocycles. The van der Waals surface area contributed by atoms with Crippen LogP contribution in [0.2, 0.25) is 0 Å². The largest absolute Gasteiger partial charge is 0.482 e. The number of nitrogens with zero attached hydrogens (tertiary/aromatic N) is 1. The van der Waals surface area contributed by atoms with Crippen LogP contribution in [0.25, 0.3) is 0 Å². The molecule has 2 aromatic carbocycles. The van der Waals surface area contributed by atoms with Crippen LogP contribution in [0.4, 0.5) is 11.4 Å². The number of rotatable bonds is 3. The fraction of sp³-hybridized carbons (Fsp3) is 0.263. The van der Waals surface area contributed by atoms with Crippen molar-refractivity contribution in [2.45, 2.75) is 20.8 Å². The van der Waals surface area contributed by atoms with Crippen molar-refractivity contribution in [3.8, 4) is 5.75 Å². The molecule has 0 atom stereocenters. The Morgan fingerprint density at radius 1 is 1.12 bits per heavy atom. The van der Waals surface area contributed by atoms with Crippen LogP contribution in [0.3, 0.4) is 0 Å². The Morgan fingerprint density at radius 2 is 1.83 bits per heavy atom. The first-order valence-corrected chi connectivity index (χ1v) is 7.85. The Kier molecular flexibility index (Phi) is 4.25. The summed E-state index contributed by atoms with van der Waals surface area (Å²) in [7, 11) is 0. The van der Waals surface area contributed by atoms with Crippen molar-refractivity contribution in [2.24, 2.45) is 0 Å². The number of aryl methyl sites for hydroxylation is 3. The summed E-state index contributed by atoms with van der Waals surface area (Å²) in [6.07, 6.45) is 0. The first-order chi connectivity index (χ1) is 11.4. The lowest BCUT2D eigenvalue weighted by atomic mass is 10.1. The van der Waals surface area contributed by atoms with Crippen LogP contribution < -0.4 is 15.0 Å². The summed E-state index contributed by atoms with van der Waals surface area (Å²) in [5.74, 6) is 0.174. The van der Waals surface area contributed by atoms with Gasteiger partial charge in [0.2, 0.25) is 5.91 Å². The van der Waals surface area contributed by atoms with Gasteiger partial charge < -0.3 is 10.1 Å². The average molecular weight is 324 g/mol. The molecule has 0 radical (unpaired) electrons. The number of benzene rings is 2. The van der Waals surface area contributed by atoms with Gasteiger partial charge in [0.25, 0.3) is 5.91 Å². The van der Waals surface area contributed by atoms with E-state index in [1.54, 1.807) is 0 Å². The van der Waals surface area contributed by atoms with Crippen molar-refractivity contribution in [1.29, 1.82) is 0 Å². The number of amides is 2. The smallest absolute Gasteiger partial charge is 0.265 e. The van der Waals surface area contributed by atoms with Crippen molar-refractivity contribution in [1.82, 2.24) is 0 Å². The van der Waals surface area contributed by atoms with Gasteiger partial charge in [-0.2, -0.15) is 0 Å². The van der Waals surface area contributed by atoms with Gasteiger partial charge in [0, 0.05) is 5.69 Å². The van der Waals surface area contributed by atoms with Crippen LogP contribution in [-0.2, 0) is 9.59 Å². The summed E-state index contributed by atoms with van der Waals surface area (Å²) in [4.78, 5) is 26.1. The number of hydrogen-bond donors (Lipinski definition) is 1. The monoisotopic (exact) mass is 324 g/mol. The molecular weight excluding hydrogens is 304 g/mol. The van der Waals surface area contributed by atoms with E-state index in [0.29, 0.717) is 11.4 Å². The summed E-state index contributed by atoms with van der Waals surface area (Å²) in [5.41, 5.74) is 4.54. The van der Waals surface area contributed by atoms with Gasteiger partial charge in [0.1, 0.15) is 12.3 Å². The van der Waals surface area contributed by atoms with Crippen LogP contribution in [0.1, 0.15) is 16.7 Å². The summed E-state index contributed by atoms with van der Waals surface area (Å²) in [5, 5.41) is 2.88. The molecule has 0 unspecified atom stereocenters. The Labute approximate surface area is 141 Å². The van der Waals surface area contributed by atoms with E-state index in [9.17, 15) is 9.59 Å². The molecular formula is C19H20N2O3. The summed E-state index contributed by atoms with van der Waals surface area (Å²) in [6.45, 7) is 5.80. The fourth-order valence-electron chi connectivity index (χ4n) is 2.77. The zero-order valence-electron chi connectivity index (χ0n) is 14.1. The molecule has 5 heteroatoms. The minimum absolute atomic E-state index is 0.0358. The molecule has 1 heterocycles. The number of hydrogen-bond acceptors (Lipinski definition) is 3. The normalized spacial score (nSPS) is 13.3. The van der Waals surface area contributed by atoms with Gasteiger partial charge in [-0.05, 0) is 50.1 Å². The second-order valence-electron chi connectivity index (χ2n) is 6.11. The number of fused-ring (bicyclic) bond motifs is 1. The lowest BCUT2D eigenvalue weighted by Gasteiger charge is -2.29. The van der Waals surface area contributed by atoms with E-state index in [-0.39, 0.29) is 25.0 Å². The Bertz CT molecular complexity index is 814. The Morgan fingerprint density at radius 3 is 2.58 bits per heavy atom. The molecule has 0 aromatic heterocycles. The number of anilines is 2. The molecule has 124 valence electrons. The fourth-order valence-corrected chi connectivity index (χ4v) is 2.77. The van der Waals surface area contributed by atoms with Crippen LogP contribution in [0.5, 0.6) is 5.75 Å². The molecule has 5 nitrogen and oxygen atoms in total. The van der Waals surface area contributed by atoms with E-state index in [2.05, 4.69) is 5.32 Å². The number of carbonyl (C=O) groups is 2. The van der Waals surface area contributed by atoms with E-state index >= 15 is 0 Å². The topological polar surface area (TPSA) is 58.6 Å². The first-order valence-electron chi connectivity index (χ1n) is 7.85. The van der Waals surface area contributed by atoms with Crippen molar-refractivity contribution < 1.29 is 14.3 Å². The standard InChI is InChI=1S/C19H20N2O3/c1-12-4-6-15(14(3)8-12)20-18(22)10-21-16-9-13(2)5-7-17(16)24-11-19(21)23/h4-9H,10-11H2,1-3H3,(H,20,22). The van der Waals surface area contributed by atoms with Gasteiger partial charge in [-0.25, -0.2) is 0 Å². The predicted molar refractivity (Wildman–Crippen MR) is 93.6 cm³/mol. The van der Waals surface area contributed by atoms with Gasteiger partial charge in [0.05, 0.1) is 5.69 Å². The van der Waals surface area contributed by atoms with E-state index in [1.165, 1.54) is 4.90 Å². The van der Waals surface area contributed by atoms with Gasteiger partial charge in [-0.15, -0.1) is 0 Å². The molecule has 24 heavy (non-hydrogen) atoms. The van der Waals surface area contributed by atoms with Gasteiger partial charge in [-0.1, -0.05) is 23.8 Å². The van der Waals surface area contributed by atoms with Crippen LogP contribution in [0, 0.1) is 20.8 Å². The second-order valence-corrected chi connectivity index (χ2v) is 6.11. The van der Waals surface area contributed by atoms with Crippen molar-refractivity contribution >= 4 is 23.2 Å². The van der Waals surface area contributed by atoms with Crippen LogP contribution in [-0.4, -0.2) is 25.0 Å². The van der Waals surface area contributed by atoms with Crippen molar-refractivity contribution in [3.05, 3.63) is 53.1 Å². The highest BCUT2D eigenvalue weighted by Gasteiger charge is 2.27. The molecule has 0 spiro atoms. The lowest BCUT2D eigenvalue weighted by molar-refractivity contribution is -0.123. The minimum atomic E-state index is -0.232. The third-order valence-electron chi connectivity index (χ3n) is 4.02. The van der Waals surface area contributed by atoms with Gasteiger partial charge >= 0.3 is 0 Å². The second kappa shape index (κ2) is 6.35. The quantitative estimate of drug-likeness (QED) is 0.944. The third-order valence-corrected chi connectivity index (χ3v) is 4.02. The molecule has 2 aromatic rings. The summed E-state index contributed by atoms with van der Waals surface area (Å²) < 4.78 is 5.43. The molecule has 0 bridgehead atoms. The van der Waals surface area contributed by atoms with E-state index in [0.717, 1.165) is 22.4 Å². The minimum Gasteiger partial charge on any atom is -0.482 e. The predicted octanol–water partition coefficient (Wildman–Crippen LogP) is 2.98. The molecule has 1 aliphatic rings. The maximum absolute atomic E-state index is 12.4. The first kappa shape index (κ1) is 16.1. The summed E-state index contributed by atoms with van der Waals surface area (Å²) in [6, 6.07) is 11.4. The van der Waals surface area contributed by atoms with Crippen molar-refractivity contribution in [3.63, 3.8) is 0 Å². The molecule has 0 fully saturated rings. The molecule has 1 aliphatic heterocycles. The zero-order valence-corrected chi connectivity index (χ0v) is 14.1. The lowest BCUT2D eigenvalue weighted by Crippen LogP contribution is -2.43. The van der Waals surface area contributed by atoms with Crippen LogP contribution >= 0.6 is 0 Å². The zero-order chi connectivity index (χ0) is 17.3. The Hall–Kier alpha value is -2.82. The highest BCUT2D eigenvalue weighted by Crippen LogP contribution is 2.32. The van der Waals surface area contributed by atoms with Gasteiger partial charge in [0.15, 0.2) is 6.61 Å². The van der Waals surface area contributed by atoms with Crippen molar-refractivity contribution in [2.75, 3.05) is 23.4 Å². The third kappa shape index (κ3) is 3.25. The maximum atomic E-state index is 12.4. The number of nitrogens with one attached hydrogen (secondary N) is 1. The average Bonchev–Trinajstić information content (AvgIpc) is 2.53.